The van der Waals surface area contributed by atoms with E-state index < -0.39 is 0 Å². The number of thioether (sulfide) groups is 1. The lowest BCUT2D eigenvalue weighted by Gasteiger charge is -2.06. The van der Waals surface area contributed by atoms with E-state index in [9.17, 15) is 0 Å². The van der Waals surface area contributed by atoms with E-state index in [1.165, 1.54) is 11.3 Å². The van der Waals surface area contributed by atoms with Crippen LogP contribution in [0.4, 0.5) is 5.13 Å². The summed E-state index contributed by atoms with van der Waals surface area (Å²) in [6.07, 6.45) is 0.526. The van der Waals surface area contributed by atoms with Crippen LogP contribution in [0.25, 0.3) is 0 Å². The largest absolute Gasteiger partial charge is 0.409 e. The second-order valence-electron chi connectivity index (χ2n) is 3.47. The zero-order valence-corrected chi connectivity index (χ0v) is 11.0. The third-order valence-corrected chi connectivity index (χ3v) is 3.98. The fourth-order valence-electron chi connectivity index (χ4n) is 0.980. The molecule has 1 unspecified atom stereocenters. The topological polar surface area (TPSA) is 87.6 Å². The Morgan fingerprint density at radius 3 is 2.81 bits per heavy atom. The summed E-state index contributed by atoms with van der Waals surface area (Å²) in [5, 5.41) is 20.6. The maximum Gasteiger partial charge on any atom is 0.208 e. The summed E-state index contributed by atoms with van der Waals surface area (Å²) in [4.78, 5) is 1.91. The highest BCUT2D eigenvalue weighted by molar-refractivity contribution is 8.01. The highest BCUT2D eigenvalue weighted by Gasteiger charge is 2.12. The van der Waals surface area contributed by atoms with Crippen LogP contribution in [0, 0.1) is 0 Å². The first-order valence-electron chi connectivity index (χ1n) is 4.66. The van der Waals surface area contributed by atoms with Gasteiger partial charge in [-0.15, -0.1) is 10.2 Å². The van der Waals surface area contributed by atoms with Gasteiger partial charge in [0.25, 0.3) is 0 Å². The van der Waals surface area contributed by atoms with E-state index in [0.717, 1.165) is 9.47 Å². The van der Waals surface area contributed by atoms with Crippen molar-refractivity contribution < 1.29 is 5.21 Å². The van der Waals surface area contributed by atoms with Crippen LogP contribution < -0.4 is 10.6 Å². The fraction of sp³-hybridized carbons (Fsp3) is 0.625. The summed E-state index contributed by atoms with van der Waals surface area (Å²) in [5.74, 6) is 0.234. The van der Waals surface area contributed by atoms with Crippen molar-refractivity contribution in [1.29, 1.82) is 0 Å². The normalized spacial score (nSPS) is 13.8. The molecule has 1 aromatic rings. The molecule has 0 aliphatic heterocycles. The molecule has 0 fully saturated rings. The maximum atomic E-state index is 8.45. The van der Waals surface area contributed by atoms with Crippen molar-refractivity contribution in [3.05, 3.63) is 0 Å². The minimum atomic E-state index is 0.207. The molecular weight excluding hydrogens is 246 g/mol. The van der Waals surface area contributed by atoms with Gasteiger partial charge in [0, 0.05) is 25.8 Å². The molecule has 0 spiro atoms. The third kappa shape index (κ3) is 3.86. The number of oxime groups is 1. The number of nitrogens with two attached hydrogens (primary N) is 1. The Kier molecular flexibility index (Phi) is 4.81. The molecule has 0 amide bonds. The van der Waals surface area contributed by atoms with Gasteiger partial charge in [-0.2, -0.15) is 0 Å². The van der Waals surface area contributed by atoms with Gasteiger partial charge < -0.3 is 15.8 Å². The highest BCUT2D eigenvalue weighted by Crippen LogP contribution is 2.30. The molecule has 0 bridgehead atoms. The zero-order valence-electron chi connectivity index (χ0n) is 9.41. The van der Waals surface area contributed by atoms with Crippen molar-refractivity contribution in [3.63, 3.8) is 0 Å². The van der Waals surface area contributed by atoms with E-state index in [0.29, 0.717) is 6.42 Å². The van der Waals surface area contributed by atoms with Gasteiger partial charge in [0.15, 0.2) is 4.34 Å². The molecule has 1 heterocycles. The lowest BCUT2D eigenvalue weighted by molar-refractivity contribution is 0.317. The van der Waals surface area contributed by atoms with Gasteiger partial charge in [-0.25, -0.2) is 0 Å². The van der Waals surface area contributed by atoms with Crippen molar-refractivity contribution in [2.75, 3.05) is 19.0 Å². The average Bonchev–Trinajstić information content (AvgIpc) is 2.65. The molecule has 3 N–H and O–H groups in total. The second kappa shape index (κ2) is 5.90. The van der Waals surface area contributed by atoms with Crippen LogP contribution in [-0.2, 0) is 0 Å². The minimum Gasteiger partial charge on any atom is -0.409 e. The monoisotopic (exact) mass is 261 g/mol. The first-order valence-corrected chi connectivity index (χ1v) is 6.36. The quantitative estimate of drug-likeness (QED) is 0.272. The van der Waals surface area contributed by atoms with Crippen LogP contribution in [0.5, 0.6) is 0 Å². The van der Waals surface area contributed by atoms with Gasteiger partial charge in [0.05, 0.1) is 0 Å². The fourth-order valence-corrected chi connectivity index (χ4v) is 3.08. The number of hydrogen-bond donors (Lipinski definition) is 2. The highest BCUT2D eigenvalue weighted by atomic mass is 32.2. The van der Waals surface area contributed by atoms with Gasteiger partial charge in [-0.05, 0) is 0 Å². The summed E-state index contributed by atoms with van der Waals surface area (Å²) >= 11 is 3.10. The zero-order chi connectivity index (χ0) is 12.1. The van der Waals surface area contributed by atoms with Crippen molar-refractivity contribution in [3.8, 4) is 0 Å². The Labute approximate surface area is 103 Å². The van der Waals surface area contributed by atoms with E-state index in [-0.39, 0.29) is 11.1 Å². The first-order chi connectivity index (χ1) is 7.52. The summed E-state index contributed by atoms with van der Waals surface area (Å²) in [6.45, 7) is 2.00. The second-order valence-corrected chi connectivity index (χ2v) is 6.11. The molecule has 0 aliphatic carbocycles. The first kappa shape index (κ1) is 13.0. The summed E-state index contributed by atoms with van der Waals surface area (Å²) in [5.41, 5.74) is 5.43. The van der Waals surface area contributed by atoms with Gasteiger partial charge >= 0.3 is 0 Å². The van der Waals surface area contributed by atoms with E-state index in [1.54, 1.807) is 11.8 Å². The van der Waals surface area contributed by atoms with Gasteiger partial charge in [0.1, 0.15) is 5.84 Å². The predicted octanol–water partition coefficient (Wildman–Crippen LogP) is 1.22. The van der Waals surface area contributed by atoms with Crippen LogP contribution in [-0.4, -0.2) is 40.6 Å². The predicted molar refractivity (Wildman–Crippen MR) is 67.6 cm³/mol. The Hall–Kier alpha value is -1.02. The molecular formula is C8H15N5OS2. The smallest absolute Gasteiger partial charge is 0.208 e. The Bertz CT molecular complexity index is 365. The number of amidine groups is 1. The van der Waals surface area contributed by atoms with Gasteiger partial charge in [-0.3, -0.25) is 0 Å². The lowest BCUT2D eigenvalue weighted by atomic mass is 10.3. The maximum absolute atomic E-state index is 8.45. The Balaban J connectivity index is 2.52. The molecule has 0 aromatic carbocycles. The standard InChI is InChI=1S/C8H15N5OS2/c1-5(4-6(9)12-14)15-8-11-10-7(16-8)13(2)3/h5,14H,4H2,1-3H3,(H2,9,12). The molecule has 1 atom stereocenters. The van der Waals surface area contributed by atoms with Crippen molar-refractivity contribution in [2.45, 2.75) is 22.9 Å². The number of anilines is 1. The molecule has 90 valence electrons. The molecule has 16 heavy (non-hydrogen) atoms. The van der Waals surface area contributed by atoms with Crippen molar-refractivity contribution in [2.24, 2.45) is 10.9 Å². The van der Waals surface area contributed by atoms with Crippen LogP contribution in [0.15, 0.2) is 9.50 Å². The molecule has 0 saturated heterocycles. The average molecular weight is 261 g/mol. The minimum absolute atomic E-state index is 0.207. The number of hydrogen-bond acceptors (Lipinski definition) is 7. The summed E-state index contributed by atoms with van der Waals surface area (Å²) < 4.78 is 0.891. The van der Waals surface area contributed by atoms with Gasteiger partial charge in [-0.1, -0.05) is 35.2 Å². The molecule has 0 aliphatic rings. The number of nitrogens with zero attached hydrogens (tertiary/aromatic N) is 4. The third-order valence-electron chi connectivity index (χ3n) is 1.71. The molecule has 6 nitrogen and oxygen atoms in total. The number of aromatic nitrogens is 2. The van der Waals surface area contributed by atoms with Crippen LogP contribution >= 0.6 is 23.1 Å². The molecule has 0 saturated carbocycles. The number of rotatable bonds is 5. The van der Waals surface area contributed by atoms with Crippen molar-refractivity contribution in [1.82, 2.24) is 10.2 Å². The van der Waals surface area contributed by atoms with E-state index in [1.807, 2.05) is 25.9 Å². The summed E-state index contributed by atoms with van der Waals surface area (Å²) in [7, 11) is 3.85. The van der Waals surface area contributed by atoms with E-state index in [4.69, 9.17) is 10.9 Å². The van der Waals surface area contributed by atoms with Gasteiger partial charge in [0.2, 0.25) is 5.13 Å². The molecule has 0 radical (unpaired) electrons. The molecule has 1 rings (SSSR count). The van der Waals surface area contributed by atoms with E-state index >= 15 is 0 Å². The SMILES string of the molecule is CC(CC(N)=NO)Sc1nnc(N(C)C)s1. The van der Waals surface area contributed by atoms with Crippen molar-refractivity contribution >= 4 is 34.1 Å². The van der Waals surface area contributed by atoms with Crippen LogP contribution in [0.2, 0.25) is 0 Å². The Morgan fingerprint density at radius 1 is 1.62 bits per heavy atom. The lowest BCUT2D eigenvalue weighted by Crippen LogP contribution is -2.16. The van der Waals surface area contributed by atoms with Crippen LogP contribution in [0.3, 0.4) is 0 Å². The molecule has 8 heteroatoms. The molecule has 1 aromatic heterocycles. The van der Waals surface area contributed by atoms with Crippen LogP contribution in [0.1, 0.15) is 13.3 Å². The van der Waals surface area contributed by atoms with E-state index in [2.05, 4.69) is 15.4 Å². The summed E-state index contributed by atoms with van der Waals surface area (Å²) in [6, 6.07) is 0. The Morgan fingerprint density at radius 2 is 2.31 bits per heavy atom.